The molecule has 1 unspecified atom stereocenters. The van der Waals surface area contributed by atoms with Crippen LogP contribution in [-0.2, 0) is 10.2 Å². The first-order chi connectivity index (χ1) is 7.74. The third-order valence-corrected chi connectivity index (χ3v) is 3.19. The molecule has 0 spiro atoms. The SMILES string of the molecule is O=C(O)C1(c2c(F)ccc(F)c2Cl)CC1(F)F. The smallest absolute Gasteiger partial charge is 0.320 e. The highest BCUT2D eigenvalue weighted by Gasteiger charge is 2.78. The van der Waals surface area contributed by atoms with Crippen LogP contribution in [0.1, 0.15) is 12.0 Å². The van der Waals surface area contributed by atoms with E-state index in [2.05, 4.69) is 0 Å². The van der Waals surface area contributed by atoms with Gasteiger partial charge in [0.1, 0.15) is 11.6 Å². The summed E-state index contributed by atoms with van der Waals surface area (Å²) in [5.74, 6) is -7.94. The van der Waals surface area contributed by atoms with E-state index in [-0.39, 0.29) is 0 Å². The highest BCUT2D eigenvalue weighted by molar-refractivity contribution is 6.32. The number of carboxylic acid groups (broad SMARTS) is 1. The van der Waals surface area contributed by atoms with Gasteiger partial charge in [0, 0.05) is 12.0 Å². The van der Waals surface area contributed by atoms with E-state index in [9.17, 15) is 22.4 Å². The predicted molar refractivity (Wildman–Crippen MR) is 50.2 cm³/mol. The number of benzene rings is 1. The van der Waals surface area contributed by atoms with Crippen LogP contribution in [-0.4, -0.2) is 17.0 Å². The number of alkyl halides is 2. The van der Waals surface area contributed by atoms with Gasteiger partial charge in [0.2, 0.25) is 0 Å². The molecular weight excluding hydrogens is 264 g/mol. The number of hydrogen-bond donors (Lipinski definition) is 1. The van der Waals surface area contributed by atoms with Crippen LogP contribution < -0.4 is 0 Å². The van der Waals surface area contributed by atoms with Gasteiger partial charge in [0.05, 0.1) is 5.02 Å². The zero-order chi connectivity index (χ0) is 13.0. The maximum Gasteiger partial charge on any atom is 0.320 e. The van der Waals surface area contributed by atoms with Gasteiger partial charge in [-0.1, -0.05) is 11.6 Å². The zero-order valence-corrected chi connectivity index (χ0v) is 8.86. The molecule has 1 aromatic rings. The van der Waals surface area contributed by atoms with E-state index in [0.29, 0.717) is 12.1 Å². The van der Waals surface area contributed by atoms with Gasteiger partial charge in [-0.25, -0.2) is 17.6 Å². The van der Waals surface area contributed by atoms with Crippen molar-refractivity contribution in [2.75, 3.05) is 0 Å². The molecule has 2 rings (SSSR count). The van der Waals surface area contributed by atoms with Crippen LogP contribution in [0.25, 0.3) is 0 Å². The van der Waals surface area contributed by atoms with Crippen molar-refractivity contribution in [1.29, 1.82) is 0 Å². The van der Waals surface area contributed by atoms with Gasteiger partial charge in [0.25, 0.3) is 5.92 Å². The Bertz CT molecular complexity index is 517. The van der Waals surface area contributed by atoms with Crippen LogP contribution in [0.5, 0.6) is 0 Å². The molecule has 92 valence electrons. The fraction of sp³-hybridized carbons (Fsp3) is 0.300. The summed E-state index contributed by atoms with van der Waals surface area (Å²) in [4.78, 5) is 10.9. The van der Waals surface area contributed by atoms with Crippen molar-refractivity contribution >= 4 is 17.6 Å². The summed E-state index contributed by atoms with van der Waals surface area (Å²) >= 11 is 5.38. The summed E-state index contributed by atoms with van der Waals surface area (Å²) in [7, 11) is 0. The minimum atomic E-state index is -3.63. The minimum absolute atomic E-state index is 0.579. The topological polar surface area (TPSA) is 37.3 Å². The molecule has 1 saturated carbocycles. The molecule has 0 amide bonds. The molecule has 1 aromatic carbocycles. The van der Waals surface area contributed by atoms with Gasteiger partial charge < -0.3 is 5.11 Å². The lowest BCUT2D eigenvalue weighted by Crippen LogP contribution is -2.29. The predicted octanol–water partition coefficient (Wildman–Crippen LogP) is 2.98. The largest absolute Gasteiger partial charge is 0.480 e. The maximum atomic E-state index is 13.4. The summed E-state index contributed by atoms with van der Waals surface area (Å²) in [6.07, 6.45) is -1.09. The Balaban J connectivity index is 2.70. The van der Waals surface area contributed by atoms with Crippen LogP contribution >= 0.6 is 11.6 Å². The van der Waals surface area contributed by atoms with Crippen molar-refractivity contribution in [2.24, 2.45) is 0 Å². The molecule has 1 atom stereocenters. The van der Waals surface area contributed by atoms with Crippen molar-refractivity contribution in [3.05, 3.63) is 34.4 Å². The quantitative estimate of drug-likeness (QED) is 0.661. The third-order valence-electron chi connectivity index (χ3n) is 2.82. The van der Waals surface area contributed by atoms with Gasteiger partial charge in [-0.15, -0.1) is 0 Å². The van der Waals surface area contributed by atoms with Crippen LogP contribution in [0.15, 0.2) is 12.1 Å². The van der Waals surface area contributed by atoms with Crippen molar-refractivity contribution in [2.45, 2.75) is 17.8 Å². The standard InChI is InChI=1S/C10H5ClF4O2/c11-7-5(13)2-1-4(12)6(7)9(8(16)17)3-10(9,14)15/h1-2H,3H2,(H,16,17). The highest BCUT2D eigenvalue weighted by atomic mass is 35.5. The number of carbonyl (C=O) groups is 1. The number of halogens is 5. The number of aliphatic carboxylic acids is 1. The first-order valence-electron chi connectivity index (χ1n) is 4.49. The van der Waals surface area contributed by atoms with Crippen LogP contribution in [0.4, 0.5) is 17.6 Å². The zero-order valence-electron chi connectivity index (χ0n) is 8.11. The third kappa shape index (κ3) is 1.43. The van der Waals surface area contributed by atoms with E-state index < -0.39 is 45.9 Å². The van der Waals surface area contributed by atoms with E-state index in [1.54, 1.807) is 0 Å². The Morgan fingerprint density at radius 1 is 1.29 bits per heavy atom. The Labute approximate surface area is 97.8 Å². The fourth-order valence-electron chi connectivity index (χ4n) is 1.82. The number of carboxylic acids is 1. The average Bonchev–Trinajstić information content (AvgIpc) is 2.78. The van der Waals surface area contributed by atoms with Gasteiger partial charge in [-0.05, 0) is 12.1 Å². The molecule has 0 aliphatic heterocycles. The van der Waals surface area contributed by atoms with Crippen LogP contribution in [0.3, 0.4) is 0 Å². The van der Waals surface area contributed by atoms with Gasteiger partial charge >= 0.3 is 5.97 Å². The molecule has 0 aromatic heterocycles. The van der Waals surface area contributed by atoms with Gasteiger partial charge in [-0.3, -0.25) is 4.79 Å². The summed E-state index contributed by atoms with van der Waals surface area (Å²) in [5, 5.41) is 7.89. The summed E-state index contributed by atoms with van der Waals surface area (Å²) < 4.78 is 52.8. The monoisotopic (exact) mass is 268 g/mol. The van der Waals surface area contributed by atoms with Crippen molar-refractivity contribution in [3.63, 3.8) is 0 Å². The lowest BCUT2D eigenvalue weighted by Gasteiger charge is -2.14. The molecule has 1 N–H and O–H groups in total. The molecule has 2 nitrogen and oxygen atoms in total. The second kappa shape index (κ2) is 3.35. The first-order valence-corrected chi connectivity index (χ1v) is 4.87. The van der Waals surface area contributed by atoms with E-state index in [0.717, 1.165) is 0 Å². The lowest BCUT2D eigenvalue weighted by atomic mass is 9.94. The second-order valence-electron chi connectivity index (χ2n) is 3.81. The molecule has 17 heavy (non-hydrogen) atoms. The van der Waals surface area contributed by atoms with Crippen LogP contribution in [0, 0.1) is 11.6 Å². The fourth-order valence-corrected chi connectivity index (χ4v) is 2.13. The molecule has 1 aliphatic carbocycles. The molecule has 0 bridgehead atoms. The molecule has 0 saturated heterocycles. The molecule has 0 radical (unpaired) electrons. The van der Waals surface area contributed by atoms with Gasteiger partial charge in [0.15, 0.2) is 5.41 Å². The van der Waals surface area contributed by atoms with Gasteiger partial charge in [-0.2, -0.15) is 0 Å². The Hall–Kier alpha value is -1.30. The summed E-state index contributed by atoms with van der Waals surface area (Å²) in [6.45, 7) is 0. The molecular formula is C10H5ClF4O2. The lowest BCUT2D eigenvalue weighted by molar-refractivity contribution is -0.143. The number of rotatable bonds is 2. The number of hydrogen-bond acceptors (Lipinski definition) is 1. The van der Waals surface area contributed by atoms with Crippen molar-refractivity contribution in [3.8, 4) is 0 Å². The van der Waals surface area contributed by atoms with Crippen LogP contribution in [0.2, 0.25) is 5.02 Å². The average molecular weight is 269 g/mol. The second-order valence-corrected chi connectivity index (χ2v) is 4.19. The van der Waals surface area contributed by atoms with E-state index >= 15 is 0 Å². The highest BCUT2D eigenvalue weighted by Crippen LogP contribution is 2.63. The molecule has 1 aliphatic rings. The molecule has 7 heteroatoms. The van der Waals surface area contributed by atoms with E-state index in [1.807, 2.05) is 0 Å². The van der Waals surface area contributed by atoms with Crippen molar-refractivity contribution < 1.29 is 27.5 Å². The Morgan fingerprint density at radius 2 is 1.76 bits per heavy atom. The molecule has 0 heterocycles. The normalized spacial score (nSPS) is 25.7. The molecule has 1 fully saturated rings. The summed E-state index contributed by atoms with van der Waals surface area (Å²) in [5.41, 5.74) is -3.74. The van der Waals surface area contributed by atoms with E-state index in [4.69, 9.17) is 16.7 Å². The summed E-state index contributed by atoms with van der Waals surface area (Å²) in [6, 6.07) is 1.23. The Kier molecular flexibility index (Phi) is 2.40. The van der Waals surface area contributed by atoms with E-state index in [1.165, 1.54) is 0 Å². The minimum Gasteiger partial charge on any atom is -0.480 e. The van der Waals surface area contributed by atoms with Crippen molar-refractivity contribution in [1.82, 2.24) is 0 Å². The maximum absolute atomic E-state index is 13.4. The Morgan fingerprint density at radius 3 is 2.18 bits per heavy atom. The first kappa shape index (κ1) is 12.2.